The second kappa shape index (κ2) is 15.7. The number of pyridine rings is 1. The Morgan fingerprint density at radius 3 is 2.40 bits per heavy atom. The predicted molar refractivity (Wildman–Crippen MR) is 159 cm³/mol. The molecule has 2 aromatic carbocycles. The highest BCUT2D eigenvalue weighted by Crippen LogP contribution is 2.42. The number of aromatic hydroxyl groups is 1. The largest absolute Gasteiger partial charge is 0.508 e. The van der Waals surface area contributed by atoms with E-state index < -0.39 is 24.3 Å². The van der Waals surface area contributed by atoms with Crippen molar-refractivity contribution in [1.82, 2.24) is 4.98 Å². The Bertz CT molecular complexity index is 1390. The third-order valence-electron chi connectivity index (χ3n) is 7.15. The zero-order chi connectivity index (χ0) is 29.7. The van der Waals surface area contributed by atoms with Crippen LogP contribution in [-0.2, 0) is 19.1 Å². The lowest BCUT2D eigenvalue weighted by atomic mass is 9.91. The quantitative estimate of drug-likeness (QED) is 0.138. The first kappa shape index (κ1) is 30.7. The zero-order valence-corrected chi connectivity index (χ0v) is 23.5. The lowest BCUT2D eigenvalue weighted by Gasteiger charge is -2.37. The lowest BCUT2D eigenvalue weighted by Crippen LogP contribution is -2.30. The molecule has 4 rings (SSSR count). The maximum absolute atomic E-state index is 10.9. The molecule has 1 aliphatic heterocycles. The number of aliphatic carboxylic acids is 2. The van der Waals surface area contributed by atoms with Crippen LogP contribution in [0.1, 0.15) is 79.6 Å². The van der Waals surface area contributed by atoms with Crippen LogP contribution in [0.4, 0.5) is 0 Å². The fraction of sp³-hybridized carbons (Fsp3) is 0.324. The topological polar surface area (TPSA) is 126 Å². The van der Waals surface area contributed by atoms with Gasteiger partial charge in [-0.05, 0) is 55.4 Å². The summed E-state index contributed by atoms with van der Waals surface area (Å²) in [4.78, 5) is 26.2. The molecule has 1 saturated heterocycles. The van der Waals surface area contributed by atoms with E-state index in [4.69, 9.17) is 19.7 Å². The smallest absolute Gasteiger partial charge is 0.303 e. The number of unbranched alkanes of at least 4 members (excludes halogenated alkanes) is 2. The van der Waals surface area contributed by atoms with Gasteiger partial charge in [0, 0.05) is 47.8 Å². The van der Waals surface area contributed by atoms with Crippen molar-refractivity contribution in [3.8, 4) is 5.75 Å². The Balaban J connectivity index is 1.55. The van der Waals surface area contributed by atoms with Crippen molar-refractivity contribution < 1.29 is 34.4 Å². The highest BCUT2D eigenvalue weighted by molar-refractivity contribution is 5.79. The molecule has 1 aromatic heterocycles. The number of allylic oxidation sites excluding steroid dienone is 3. The standard InChI is InChI=1S/C34H37NO7/c36-30-17-11-10-16-29(30)33-25(14-6-2-8-18-31(37)38)23-41-34(42-33)27-20-26(21-35-22-27)28(24-12-4-1-5-13-24)15-7-3-9-19-32(39)40/h1-2,4-6,10-13,15-17,20-22,25,33-34,36H,3,7-9,14,18-19,23H2,(H,37,38)(H,39,40)/b6-2-,28-15-/t25-,33+,34+/m1/s1. The second-order valence-electron chi connectivity index (χ2n) is 10.3. The number of ether oxygens (including phenoxy) is 2. The summed E-state index contributed by atoms with van der Waals surface area (Å²) in [6, 6.07) is 19.1. The van der Waals surface area contributed by atoms with Gasteiger partial charge < -0.3 is 24.8 Å². The van der Waals surface area contributed by atoms with Gasteiger partial charge in [0.15, 0.2) is 6.29 Å². The summed E-state index contributed by atoms with van der Waals surface area (Å²) in [5.41, 5.74) is 4.34. The molecule has 8 nitrogen and oxygen atoms in total. The fourth-order valence-electron chi connectivity index (χ4n) is 5.02. The van der Waals surface area contributed by atoms with Crippen LogP contribution < -0.4 is 0 Å². The van der Waals surface area contributed by atoms with Crippen molar-refractivity contribution in [3.63, 3.8) is 0 Å². The number of carboxylic acid groups (broad SMARTS) is 2. The fourth-order valence-corrected chi connectivity index (χ4v) is 5.02. The van der Waals surface area contributed by atoms with Crippen LogP contribution in [0.5, 0.6) is 5.75 Å². The maximum atomic E-state index is 10.9. The van der Waals surface area contributed by atoms with Crippen LogP contribution in [0.15, 0.2) is 91.3 Å². The Kier molecular flexibility index (Phi) is 11.4. The average Bonchev–Trinajstić information content (AvgIpc) is 2.99. The molecule has 220 valence electrons. The minimum absolute atomic E-state index is 0.0736. The molecule has 1 aliphatic rings. The number of para-hydroxylation sites is 1. The first-order valence-electron chi connectivity index (χ1n) is 14.3. The molecular formula is C34H37NO7. The van der Waals surface area contributed by atoms with Gasteiger partial charge >= 0.3 is 11.9 Å². The Labute approximate surface area is 246 Å². The first-order chi connectivity index (χ1) is 20.4. The van der Waals surface area contributed by atoms with Crippen LogP contribution in [0.25, 0.3) is 5.57 Å². The number of phenolic OH excluding ortho intramolecular Hbond substituents is 1. The van der Waals surface area contributed by atoms with Crippen molar-refractivity contribution in [2.24, 2.45) is 5.92 Å². The molecular weight excluding hydrogens is 534 g/mol. The molecule has 0 amide bonds. The van der Waals surface area contributed by atoms with E-state index in [0.717, 1.165) is 35.1 Å². The number of hydrogen-bond acceptors (Lipinski definition) is 6. The van der Waals surface area contributed by atoms with E-state index in [0.29, 0.717) is 31.4 Å². The van der Waals surface area contributed by atoms with Crippen molar-refractivity contribution in [1.29, 1.82) is 0 Å². The molecule has 8 heteroatoms. The summed E-state index contributed by atoms with van der Waals surface area (Å²) < 4.78 is 12.7. The number of phenols is 1. The number of aromatic nitrogens is 1. The molecule has 0 aliphatic carbocycles. The van der Waals surface area contributed by atoms with Crippen molar-refractivity contribution in [3.05, 3.63) is 114 Å². The number of rotatable bonds is 14. The molecule has 0 saturated carbocycles. The third kappa shape index (κ3) is 8.86. The Hall–Kier alpha value is -4.27. The van der Waals surface area contributed by atoms with E-state index in [1.165, 1.54) is 0 Å². The van der Waals surface area contributed by atoms with Gasteiger partial charge in [-0.2, -0.15) is 0 Å². The first-order valence-corrected chi connectivity index (χ1v) is 14.3. The predicted octanol–water partition coefficient (Wildman–Crippen LogP) is 7.08. The SMILES string of the molecule is O=C(O)CC/C=C\C[C@@H]1CO[C@H](c2cncc(/C(=C\CCCCC(=O)O)c3ccccc3)c2)O[C@@H]1c1ccccc1O. The summed E-state index contributed by atoms with van der Waals surface area (Å²) in [7, 11) is 0. The van der Waals surface area contributed by atoms with Crippen molar-refractivity contribution in [2.45, 2.75) is 57.3 Å². The van der Waals surface area contributed by atoms with Gasteiger partial charge in [0.05, 0.1) is 12.7 Å². The highest BCUT2D eigenvalue weighted by Gasteiger charge is 2.35. The molecule has 3 N–H and O–H groups in total. The lowest BCUT2D eigenvalue weighted by molar-refractivity contribution is -0.244. The molecule has 1 fully saturated rings. The van der Waals surface area contributed by atoms with Gasteiger partial charge in [-0.1, -0.05) is 66.8 Å². The van der Waals surface area contributed by atoms with Gasteiger partial charge in [0.1, 0.15) is 5.75 Å². The average molecular weight is 572 g/mol. The van der Waals surface area contributed by atoms with Gasteiger partial charge in [-0.3, -0.25) is 14.6 Å². The van der Waals surface area contributed by atoms with E-state index in [-0.39, 0.29) is 24.5 Å². The van der Waals surface area contributed by atoms with E-state index in [1.807, 2.05) is 60.7 Å². The number of carboxylic acids is 2. The third-order valence-corrected chi connectivity index (χ3v) is 7.15. The zero-order valence-electron chi connectivity index (χ0n) is 23.5. The van der Waals surface area contributed by atoms with E-state index in [2.05, 4.69) is 11.1 Å². The van der Waals surface area contributed by atoms with Crippen molar-refractivity contribution >= 4 is 17.5 Å². The van der Waals surface area contributed by atoms with Crippen LogP contribution in [0, 0.1) is 5.92 Å². The molecule has 0 unspecified atom stereocenters. The number of nitrogens with zero attached hydrogens (tertiary/aromatic N) is 1. The molecule has 42 heavy (non-hydrogen) atoms. The maximum Gasteiger partial charge on any atom is 0.303 e. The van der Waals surface area contributed by atoms with E-state index in [1.54, 1.807) is 24.5 Å². The molecule has 3 atom stereocenters. The summed E-state index contributed by atoms with van der Waals surface area (Å²) in [5.74, 6) is -1.56. The van der Waals surface area contributed by atoms with E-state index in [9.17, 15) is 14.7 Å². The number of carbonyl (C=O) groups is 2. The summed E-state index contributed by atoms with van der Waals surface area (Å²) in [5, 5.41) is 28.5. The van der Waals surface area contributed by atoms with Gasteiger partial charge in [0.2, 0.25) is 0 Å². The van der Waals surface area contributed by atoms with Crippen LogP contribution in [0.2, 0.25) is 0 Å². The summed E-state index contributed by atoms with van der Waals surface area (Å²) >= 11 is 0. The monoisotopic (exact) mass is 571 g/mol. The van der Waals surface area contributed by atoms with Crippen LogP contribution >= 0.6 is 0 Å². The molecule has 2 heterocycles. The summed E-state index contributed by atoms with van der Waals surface area (Å²) in [6.07, 6.45) is 11.7. The van der Waals surface area contributed by atoms with Gasteiger partial charge in [0.25, 0.3) is 0 Å². The number of benzene rings is 2. The van der Waals surface area contributed by atoms with Gasteiger partial charge in [-0.25, -0.2) is 0 Å². The second-order valence-corrected chi connectivity index (χ2v) is 10.3. The normalized spacial score (nSPS) is 19.1. The Morgan fingerprint density at radius 1 is 0.881 bits per heavy atom. The van der Waals surface area contributed by atoms with Crippen LogP contribution in [0.3, 0.4) is 0 Å². The minimum atomic E-state index is -0.835. The molecule has 0 radical (unpaired) electrons. The summed E-state index contributed by atoms with van der Waals surface area (Å²) in [6.45, 7) is 0.377. The minimum Gasteiger partial charge on any atom is -0.508 e. The Morgan fingerprint density at radius 2 is 1.64 bits per heavy atom. The van der Waals surface area contributed by atoms with Crippen molar-refractivity contribution in [2.75, 3.05) is 6.61 Å². The van der Waals surface area contributed by atoms with Gasteiger partial charge in [-0.15, -0.1) is 0 Å². The van der Waals surface area contributed by atoms with E-state index >= 15 is 0 Å². The molecule has 0 bridgehead atoms. The highest BCUT2D eigenvalue weighted by atomic mass is 16.7. The number of hydrogen-bond donors (Lipinski definition) is 3. The van der Waals surface area contributed by atoms with Crippen LogP contribution in [-0.4, -0.2) is 38.8 Å². The molecule has 0 spiro atoms. The molecule has 3 aromatic rings.